The lowest BCUT2D eigenvalue weighted by Crippen LogP contribution is -2.16. The Morgan fingerprint density at radius 2 is 1.54 bits per heavy atom. The summed E-state index contributed by atoms with van der Waals surface area (Å²) in [5.74, 6) is -2.17. The summed E-state index contributed by atoms with van der Waals surface area (Å²) in [6, 6.07) is 23.4. The number of halogens is 5. The number of nitrogens with one attached hydrogen (secondary N) is 1. The van der Waals surface area contributed by atoms with E-state index in [1.54, 1.807) is 59.2 Å². The first-order valence-corrected chi connectivity index (χ1v) is 12.8. The summed E-state index contributed by atoms with van der Waals surface area (Å²) in [7, 11) is 0. The first-order valence-electron chi connectivity index (χ1n) is 12.1. The van der Waals surface area contributed by atoms with Crippen molar-refractivity contribution in [1.29, 1.82) is 0 Å². The molecule has 1 amide bonds. The molecular formula is C30H19Cl2F3N2O4. The number of aromatic carboxylic acids is 1. The maximum atomic E-state index is 13.1. The molecule has 5 rings (SSSR count). The van der Waals surface area contributed by atoms with Gasteiger partial charge in [0.2, 0.25) is 0 Å². The Balaban J connectivity index is 1.63. The SMILES string of the molecule is O=C(Nc1c(C(=O)O)n(Cc2cccc(Cl)c2)c2cc(-c3ccc(OC(F)(F)F)cc3)ccc12)c1ccc(Cl)cc1. The van der Waals surface area contributed by atoms with Crippen LogP contribution < -0.4 is 10.1 Å². The summed E-state index contributed by atoms with van der Waals surface area (Å²) in [4.78, 5) is 25.7. The van der Waals surface area contributed by atoms with Gasteiger partial charge in [-0.05, 0) is 71.3 Å². The minimum absolute atomic E-state index is 0.0925. The first-order chi connectivity index (χ1) is 19.5. The third-order valence-electron chi connectivity index (χ3n) is 6.26. The van der Waals surface area contributed by atoms with E-state index in [-0.39, 0.29) is 29.2 Å². The van der Waals surface area contributed by atoms with Crippen LogP contribution in [0.4, 0.5) is 18.9 Å². The number of benzene rings is 4. The average Bonchev–Trinajstić information content (AvgIpc) is 3.21. The summed E-state index contributed by atoms with van der Waals surface area (Å²) < 4.78 is 43.3. The molecule has 0 spiro atoms. The normalized spacial score (nSPS) is 11.4. The molecule has 0 bridgehead atoms. The van der Waals surface area contributed by atoms with Crippen LogP contribution in [-0.4, -0.2) is 27.9 Å². The Bertz CT molecular complexity index is 1770. The highest BCUT2D eigenvalue weighted by Crippen LogP contribution is 2.36. The molecule has 41 heavy (non-hydrogen) atoms. The average molecular weight is 599 g/mol. The molecule has 1 aromatic heterocycles. The molecule has 0 saturated carbocycles. The van der Waals surface area contributed by atoms with Gasteiger partial charge < -0.3 is 19.7 Å². The van der Waals surface area contributed by atoms with E-state index in [4.69, 9.17) is 23.2 Å². The van der Waals surface area contributed by atoms with Crippen LogP contribution >= 0.6 is 23.2 Å². The van der Waals surface area contributed by atoms with Crippen LogP contribution in [0.2, 0.25) is 10.0 Å². The van der Waals surface area contributed by atoms with Gasteiger partial charge in [0.1, 0.15) is 5.75 Å². The van der Waals surface area contributed by atoms with Crippen LogP contribution in [0, 0.1) is 0 Å². The number of alkyl halides is 3. The number of nitrogens with zero attached hydrogens (tertiary/aromatic N) is 1. The molecule has 0 unspecified atom stereocenters. The molecule has 0 aliphatic heterocycles. The van der Waals surface area contributed by atoms with E-state index in [2.05, 4.69) is 10.1 Å². The Kier molecular flexibility index (Phi) is 7.66. The van der Waals surface area contributed by atoms with E-state index in [1.807, 2.05) is 0 Å². The number of carbonyl (C=O) groups excluding carboxylic acids is 1. The van der Waals surface area contributed by atoms with Crippen molar-refractivity contribution in [3.63, 3.8) is 0 Å². The van der Waals surface area contributed by atoms with Gasteiger partial charge in [-0.2, -0.15) is 0 Å². The number of rotatable bonds is 7. The van der Waals surface area contributed by atoms with Gasteiger partial charge in [0.15, 0.2) is 5.69 Å². The van der Waals surface area contributed by atoms with Crippen molar-refractivity contribution in [2.45, 2.75) is 12.9 Å². The second kappa shape index (κ2) is 11.2. The maximum absolute atomic E-state index is 13.1. The minimum atomic E-state index is -4.82. The van der Waals surface area contributed by atoms with Crippen LogP contribution in [0.5, 0.6) is 5.75 Å². The van der Waals surface area contributed by atoms with Crippen molar-refractivity contribution in [3.05, 3.63) is 118 Å². The lowest BCUT2D eigenvalue weighted by molar-refractivity contribution is -0.274. The predicted octanol–water partition coefficient (Wildman–Crippen LogP) is 8.51. The smallest absolute Gasteiger partial charge is 0.477 e. The lowest BCUT2D eigenvalue weighted by atomic mass is 10.0. The van der Waals surface area contributed by atoms with Gasteiger partial charge in [0, 0.05) is 27.5 Å². The number of carboxylic acid groups (broad SMARTS) is 1. The van der Waals surface area contributed by atoms with Crippen molar-refractivity contribution in [2.24, 2.45) is 0 Å². The lowest BCUT2D eigenvalue weighted by Gasteiger charge is -2.11. The topological polar surface area (TPSA) is 80.6 Å². The number of hydrogen-bond acceptors (Lipinski definition) is 3. The number of anilines is 1. The Labute approximate surface area is 241 Å². The van der Waals surface area contributed by atoms with Gasteiger partial charge in [-0.1, -0.05) is 59.6 Å². The minimum Gasteiger partial charge on any atom is -0.477 e. The fraction of sp³-hybridized carbons (Fsp3) is 0.0667. The van der Waals surface area contributed by atoms with Crippen LogP contribution in [0.1, 0.15) is 26.4 Å². The second-order valence-electron chi connectivity index (χ2n) is 9.01. The summed E-state index contributed by atoms with van der Waals surface area (Å²) in [5.41, 5.74) is 2.57. The monoisotopic (exact) mass is 598 g/mol. The molecule has 0 fully saturated rings. The highest BCUT2D eigenvalue weighted by Gasteiger charge is 2.31. The van der Waals surface area contributed by atoms with Crippen LogP contribution in [0.15, 0.2) is 91.0 Å². The highest BCUT2D eigenvalue weighted by molar-refractivity contribution is 6.31. The predicted molar refractivity (Wildman–Crippen MR) is 151 cm³/mol. The van der Waals surface area contributed by atoms with Crippen molar-refractivity contribution >= 4 is 51.7 Å². The standard InChI is InChI=1S/C30H19Cl2F3N2O4/c31-21-9-4-19(5-10-21)28(38)36-26-24-13-8-20(18-6-11-23(12-7-18)41-30(33,34)35)15-25(24)37(27(26)29(39)40)16-17-2-1-3-22(32)14-17/h1-15H,16H2,(H,36,38)(H,39,40). The van der Waals surface area contributed by atoms with Gasteiger partial charge in [-0.25, -0.2) is 4.79 Å². The van der Waals surface area contributed by atoms with Crippen LogP contribution in [0.3, 0.4) is 0 Å². The Hall–Kier alpha value is -4.47. The molecule has 11 heteroatoms. The molecular weight excluding hydrogens is 580 g/mol. The molecule has 0 aliphatic carbocycles. The van der Waals surface area contributed by atoms with Crippen molar-refractivity contribution in [2.75, 3.05) is 5.32 Å². The maximum Gasteiger partial charge on any atom is 0.573 e. The summed E-state index contributed by atoms with van der Waals surface area (Å²) in [6.07, 6.45) is -4.82. The van der Waals surface area contributed by atoms with Gasteiger partial charge in [-0.15, -0.1) is 13.2 Å². The number of carbonyl (C=O) groups is 2. The zero-order chi connectivity index (χ0) is 29.3. The number of fused-ring (bicyclic) bond motifs is 1. The Morgan fingerprint density at radius 1 is 0.854 bits per heavy atom. The Morgan fingerprint density at radius 3 is 2.17 bits per heavy atom. The first kappa shape index (κ1) is 28.1. The molecule has 6 nitrogen and oxygen atoms in total. The van der Waals surface area contributed by atoms with Crippen LogP contribution in [-0.2, 0) is 6.54 Å². The molecule has 5 aromatic rings. The molecule has 4 aromatic carbocycles. The fourth-order valence-corrected chi connectivity index (χ4v) is 4.83. The number of carboxylic acids is 1. The van der Waals surface area contributed by atoms with E-state index in [0.717, 1.165) is 0 Å². The highest BCUT2D eigenvalue weighted by atomic mass is 35.5. The van der Waals surface area contributed by atoms with Crippen molar-refractivity contribution < 1.29 is 32.6 Å². The van der Waals surface area contributed by atoms with Gasteiger partial charge in [0.05, 0.1) is 11.2 Å². The molecule has 0 aliphatic rings. The van der Waals surface area contributed by atoms with E-state index in [0.29, 0.717) is 37.6 Å². The molecule has 1 heterocycles. The number of hydrogen-bond donors (Lipinski definition) is 2. The summed E-state index contributed by atoms with van der Waals surface area (Å²) in [5, 5.41) is 14.4. The number of ether oxygens (including phenoxy) is 1. The molecule has 208 valence electrons. The van der Waals surface area contributed by atoms with Gasteiger partial charge >= 0.3 is 12.3 Å². The zero-order valence-electron chi connectivity index (χ0n) is 20.9. The quantitative estimate of drug-likeness (QED) is 0.197. The third-order valence-corrected chi connectivity index (χ3v) is 6.75. The van der Waals surface area contributed by atoms with E-state index in [1.165, 1.54) is 36.4 Å². The summed E-state index contributed by atoms with van der Waals surface area (Å²) >= 11 is 12.1. The zero-order valence-corrected chi connectivity index (χ0v) is 22.4. The molecule has 2 N–H and O–H groups in total. The van der Waals surface area contributed by atoms with E-state index >= 15 is 0 Å². The van der Waals surface area contributed by atoms with Gasteiger partial charge in [-0.3, -0.25) is 4.79 Å². The van der Waals surface area contributed by atoms with Crippen LogP contribution in [0.25, 0.3) is 22.0 Å². The molecule has 0 saturated heterocycles. The summed E-state index contributed by atoms with van der Waals surface area (Å²) in [6.45, 7) is 0.108. The second-order valence-corrected chi connectivity index (χ2v) is 9.88. The molecule has 0 radical (unpaired) electrons. The fourth-order valence-electron chi connectivity index (χ4n) is 4.50. The van der Waals surface area contributed by atoms with Gasteiger partial charge in [0.25, 0.3) is 5.91 Å². The van der Waals surface area contributed by atoms with Crippen molar-refractivity contribution in [1.82, 2.24) is 4.57 Å². The number of aromatic nitrogens is 1. The van der Waals surface area contributed by atoms with Crippen molar-refractivity contribution in [3.8, 4) is 16.9 Å². The van der Waals surface area contributed by atoms with E-state index in [9.17, 15) is 27.9 Å². The molecule has 0 atom stereocenters. The third kappa shape index (κ3) is 6.32. The largest absolute Gasteiger partial charge is 0.573 e. The number of amides is 1. The van der Waals surface area contributed by atoms with E-state index < -0.39 is 18.2 Å².